The third kappa shape index (κ3) is 4.84. The van der Waals surface area contributed by atoms with Gasteiger partial charge in [0.2, 0.25) is 0 Å². The van der Waals surface area contributed by atoms with Gasteiger partial charge in [0, 0.05) is 0 Å². The van der Waals surface area contributed by atoms with Gasteiger partial charge in [0.15, 0.2) is 0 Å². The molecule has 0 nitrogen and oxygen atoms in total. The molecular formula is C27H36. The van der Waals surface area contributed by atoms with E-state index in [9.17, 15) is 0 Å². The second kappa shape index (κ2) is 9.58. The van der Waals surface area contributed by atoms with Crippen molar-refractivity contribution >= 4 is 0 Å². The molecule has 2 aliphatic rings. The van der Waals surface area contributed by atoms with E-state index >= 15 is 0 Å². The lowest BCUT2D eigenvalue weighted by atomic mass is 9.93. The van der Waals surface area contributed by atoms with Crippen molar-refractivity contribution in [2.75, 3.05) is 0 Å². The van der Waals surface area contributed by atoms with Gasteiger partial charge in [0.05, 0.1) is 0 Å². The van der Waals surface area contributed by atoms with E-state index < -0.39 is 0 Å². The monoisotopic (exact) mass is 360 g/mol. The minimum Gasteiger partial charge on any atom is -0.0617 e. The summed E-state index contributed by atoms with van der Waals surface area (Å²) in [5, 5.41) is 0. The SMILES string of the molecule is c1cc2c3c(c1)Cc1cccc(c1CC3)CCCCCCCCCCCC2. The lowest BCUT2D eigenvalue weighted by molar-refractivity contribution is 0.550. The van der Waals surface area contributed by atoms with Gasteiger partial charge in [-0.1, -0.05) is 87.8 Å². The minimum atomic E-state index is 1.15. The molecule has 0 aliphatic heterocycles. The second-order valence-electron chi connectivity index (χ2n) is 8.82. The molecule has 144 valence electrons. The van der Waals surface area contributed by atoms with Crippen molar-refractivity contribution in [2.24, 2.45) is 0 Å². The fourth-order valence-electron chi connectivity index (χ4n) is 5.32. The van der Waals surface area contributed by atoms with Gasteiger partial charge in [0.1, 0.15) is 0 Å². The largest absolute Gasteiger partial charge is 0.0617 e. The maximum absolute atomic E-state index is 2.41. The van der Waals surface area contributed by atoms with E-state index in [-0.39, 0.29) is 0 Å². The van der Waals surface area contributed by atoms with Crippen molar-refractivity contribution in [3.8, 4) is 0 Å². The highest BCUT2D eigenvalue weighted by atomic mass is 14.2. The Bertz CT molecular complexity index is 676. The van der Waals surface area contributed by atoms with Crippen molar-refractivity contribution in [1.29, 1.82) is 0 Å². The van der Waals surface area contributed by atoms with Gasteiger partial charge in [-0.05, 0) is 78.3 Å². The Morgan fingerprint density at radius 2 is 0.741 bits per heavy atom. The molecule has 0 unspecified atom stereocenters. The van der Waals surface area contributed by atoms with E-state index in [1.54, 1.807) is 33.4 Å². The molecule has 4 rings (SSSR count). The lowest BCUT2D eigenvalue weighted by Gasteiger charge is -2.13. The minimum absolute atomic E-state index is 1.15. The van der Waals surface area contributed by atoms with E-state index in [1.165, 1.54) is 89.9 Å². The van der Waals surface area contributed by atoms with Gasteiger partial charge >= 0.3 is 0 Å². The summed E-state index contributed by atoms with van der Waals surface area (Å²) in [5.41, 5.74) is 9.84. The molecule has 2 bridgehead atoms. The molecule has 2 aromatic rings. The Labute approximate surface area is 166 Å². The van der Waals surface area contributed by atoms with Crippen LogP contribution in [0.25, 0.3) is 0 Å². The zero-order valence-electron chi connectivity index (χ0n) is 17.1. The third-order valence-electron chi connectivity index (χ3n) is 6.89. The second-order valence-corrected chi connectivity index (χ2v) is 8.82. The molecule has 27 heavy (non-hydrogen) atoms. The maximum atomic E-state index is 2.41. The molecule has 0 aromatic heterocycles. The predicted molar refractivity (Wildman–Crippen MR) is 117 cm³/mol. The third-order valence-corrected chi connectivity index (χ3v) is 6.89. The van der Waals surface area contributed by atoms with Gasteiger partial charge in [-0.3, -0.25) is 0 Å². The zero-order valence-corrected chi connectivity index (χ0v) is 17.1. The highest BCUT2D eigenvalue weighted by Gasteiger charge is 2.17. The van der Waals surface area contributed by atoms with Gasteiger partial charge in [0.25, 0.3) is 0 Å². The predicted octanol–water partition coefficient (Wildman–Crippen LogP) is 7.38. The molecule has 2 aliphatic carbocycles. The van der Waals surface area contributed by atoms with E-state index in [0.29, 0.717) is 0 Å². The van der Waals surface area contributed by atoms with Crippen molar-refractivity contribution in [3.05, 3.63) is 69.8 Å². The van der Waals surface area contributed by atoms with E-state index in [1.807, 2.05) is 0 Å². The molecular weight excluding hydrogens is 324 g/mol. The normalized spacial score (nSPS) is 19.1. The van der Waals surface area contributed by atoms with Crippen LogP contribution in [0.4, 0.5) is 0 Å². The Morgan fingerprint density at radius 3 is 1.19 bits per heavy atom. The van der Waals surface area contributed by atoms with Crippen LogP contribution in [0.5, 0.6) is 0 Å². The van der Waals surface area contributed by atoms with Gasteiger partial charge < -0.3 is 0 Å². The first-order chi connectivity index (χ1) is 13.4. The summed E-state index contributed by atoms with van der Waals surface area (Å²) in [5.74, 6) is 0. The average Bonchev–Trinajstić information content (AvgIpc) is 2.88. The number of rotatable bonds is 0. The number of aryl methyl sites for hydroxylation is 2. The van der Waals surface area contributed by atoms with Crippen LogP contribution in [0.15, 0.2) is 36.4 Å². The summed E-state index contributed by atoms with van der Waals surface area (Å²) in [4.78, 5) is 0. The summed E-state index contributed by atoms with van der Waals surface area (Å²) in [7, 11) is 0. The summed E-state index contributed by atoms with van der Waals surface area (Å²) in [6.07, 6.45) is 20.4. The summed E-state index contributed by atoms with van der Waals surface area (Å²) in [6, 6.07) is 14.2. The van der Waals surface area contributed by atoms with E-state index in [0.717, 1.165) is 6.42 Å². The molecule has 0 heterocycles. The molecule has 2 aromatic carbocycles. The summed E-state index contributed by atoms with van der Waals surface area (Å²) in [6.45, 7) is 0. The molecule has 0 N–H and O–H groups in total. The molecule has 0 amide bonds. The molecule has 0 fully saturated rings. The van der Waals surface area contributed by atoms with Crippen LogP contribution >= 0.6 is 0 Å². The molecule has 0 atom stereocenters. The van der Waals surface area contributed by atoms with Crippen LogP contribution in [0, 0.1) is 0 Å². The number of benzene rings is 2. The van der Waals surface area contributed by atoms with Crippen LogP contribution in [-0.2, 0) is 32.1 Å². The van der Waals surface area contributed by atoms with Crippen LogP contribution in [0.2, 0.25) is 0 Å². The van der Waals surface area contributed by atoms with Gasteiger partial charge in [-0.15, -0.1) is 0 Å². The van der Waals surface area contributed by atoms with Crippen molar-refractivity contribution in [1.82, 2.24) is 0 Å². The van der Waals surface area contributed by atoms with Crippen LogP contribution in [0.3, 0.4) is 0 Å². The van der Waals surface area contributed by atoms with Crippen LogP contribution in [0.1, 0.15) is 97.6 Å². The summed E-state index contributed by atoms with van der Waals surface area (Å²) < 4.78 is 0. The van der Waals surface area contributed by atoms with Gasteiger partial charge in [-0.25, -0.2) is 0 Å². The first kappa shape index (κ1) is 18.8. The quantitative estimate of drug-likeness (QED) is 0.460. The lowest BCUT2D eigenvalue weighted by Crippen LogP contribution is -2.01. The fraction of sp³-hybridized carbons (Fsp3) is 0.556. The molecule has 0 radical (unpaired) electrons. The molecule has 0 heteroatoms. The summed E-state index contributed by atoms with van der Waals surface area (Å²) >= 11 is 0. The maximum Gasteiger partial charge on any atom is -0.00201 e. The Hall–Kier alpha value is -1.56. The Kier molecular flexibility index (Phi) is 6.67. The molecule has 0 saturated carbocycles. The van der Waals surface area contributed by atoms with Crippen molar-refractivity contribution < 1.29 is 0 Å². The highest BCUT2D eigenvalue weighted by Crippen LogP contribution is 2.30. The Morgan fingerprint density at radius 1 is 0.370 bits per heavy atom. The van der Waals surface area contributed by atoms with Crippen molar-refractivity contribution in [3.63, 3.8) is 0 Å². The highest BCUT2D eigenvalue weighted by molar-refractivity contribution is 5.46. The first-order valence-electron chi connectivity index (χ1n) is 11.6. The standard InChI is InChI=1S/C27H36/c1-2-4-6-8-10-14-23-16-12-18-25-21-24-17-11-15-22(13-9-7-5-3-1)26(24)19-20-27(23)25/h11-12,15-18H,1-10,13-14,19-21H2. The van der Waals surface area contributed by atoms with Crippen molar-refractivity contribution in [2.45, 2.75) is 96.3 Å². The smallest absolute Gasteiger partial charge is 0.00201 e. The van der Waals surface area contributed by atoms with Gasteiger partial charge in [-0.2, -0.15) is 0 Å². The van der Waals surface area contributed by atoms with Crippen LogP contribution in [-0.4, -0.2) is 0 Å². The number of fused-ring (bicyclic) bond motifs is 1. The topological polar surface area (TPSA) is 0 Å². The fourth-order valence-corrected chi connectivity index (χ4v) is 5.32. The molecule has 0 saturated heterocycles. The van der Waals surface area contributed by atoms with E-state index in [4.69, 9.17) is 0 Å². The zero-order chi connectivity index (χ0) is 18.3. The first-order valence-corrected chi connectivity index (χ1v) is 11.6. The van der Waals surface area contributed by atoms with Crippen LogP contribution < -0.4 is 0 Å². The number of hydrogen-bond donors (Lipinski definition) is 0. The Balaban J connectivity index is 1.58. The molecule has 0 spiro atoms. The number of hydrogen-bond acceptors (Lipinski definition) is 0. The van der Waals surface area contributed by atoms with E-state index in [2.05, 4.69) is 36.4 Å². The average molecular weight is 361 g/mol.